The number of rotatable bonds is 2. The summed E-state index contributed by atoms with van der Waals surface area (Å²) >= 11 is 0. The third kappa shape index (κ3) is 2.22. The van der Waals surface area contributed by atoms with Crippen LogP contribution in [0.15, 0.2) is 48.5 Å². The van der Waals surface area contributed by atoms with Crippen LogP contribution in [0.4, 0.5) is 5.69 Å². The fourth-order valence-corrected chi connectivity index (χ4v) is 3.51. The average Bonchev–Trinajstić information content (AvgIpc) is 3.09. The number of imidazole rings is 1. The highest BCUT2D eigenvalue weighted by Gasteiger charge is 2.34. The molecule has 2 heterocycles. The highest BCUT2D eigenvalue weighted by molar-refractivity contribution is 5.97. The molecule has 4 rings (SSSR count). The number of carbonyl (C=O) groups excluding carboxylic acids is 1. The molecule has 1 aromatic heterocycles. The second-order valence-electron chi connectivity index (χ2n) is 6.21. The molecule has 0 spiro atoms. The van der Waals surface area contributed by atoms with Crippen molar-refractivity contribution in [3.8, 4) is 0 Å². The highest BCUT2D eigenvalue weighted by Crippen LogP contribution is 2.33. The number of amides is 1. The van der Waals surface area contributed by atoms with Gasteiger partial charge < -0.3 is 9.47 Å². The lowest BCUT2D eigenvalue weighted by Crippen LogP contribution is -2.25. The molecule has 1 saturated heterocycles. The fraction of sp³-hybridized carbons (Fsp3) is 0.263. The molecule has 0 bridgehead atoms. The Kier molecular flexibility index (Phi) is 3.18. The summed E-state index contributed by atoms with van der Waals surface area (Å²) in [5, 5.41) is 0. The van der Waals surface area contributed by atoms with Crippen LogP contribution in [-0.4, -0.2) is 22.0 Å². The molecule has 0 unspecified atom stereocenters. The van der Waals surface area contributed by atoms with Crippen LogP contribution in [0.1, 0.15) is 23.7 Å². The van der Waals surface area contributed by atoms with Crippen molar-refractivity contribution in [2.75, 3.05) is 11.4 Å². The Balaban J connectivity index is 1.70. The van der Waals surface area contributed by atoms with Gasteiger partial charge in [-0.05, 0) is 30.7 Å². The number of aromatic nitrogens is 2. The Bertz CT molecular complexity index is 897. The lowest BCUT2D eigenvalue weighted by molar-refractivity contribution is -0.117. The van der Waals surface area contributed by atoms with Crippen molar-refractivity contribution in [1.29, 1.82) is 0 Å². The highest BCUT2D eigenvalue weighted by atomic mass is 16.2. The molecule has 0 aliphatic carbocycles. The molecule has 1 atom stereocenters. The summed E-state index contributed by atoms with van der Waals surface area (Å²) in [5.74, 6) is 1.31. The van der Waals surface area contributed by atoms with Gasteiger partial charge in [0.1, 0.15) is 5.82 Å². The molecule has 1 amide bonds. The molecule has 0 N–H and O–H groups in total. The molecule has 116 valence electrons. The van der Waals surface area contributed by atoms with Crippen molar-refractivity contribution in [2.24, 2.45) is 7.05 Å². The third-order valence-corrected chi connectivity index (χ3v) is 4.72. The quantitative estimate of drug-likeness (QED) is 0.728. The van der Waals surface area contributed by atoms with Crippen molar-refractivity contribution < 1.29 is 4.79 Å². The Morgan fingerprint density at radius 1 is 1.09 bits per heavy atom. The van der Waals surface area contributed by atoms with Crippen LogP contribution in [0.5, 0.6) is 0 Å². The van der Waals surface area contributed by atoms with E-state index in [1.165, 1.54) is 0 Å². The fourth-order valence-electron chi connectivity index (χ4n) is 3.51. The van der Waals surface area contributed by atoms with Crippen LogP contribution in [0.3, 0.4) is 0 Å². The smallest absolute Gasteiger partial charge is 0.227 e. The molecule has 1 aliphatic heterocycles. The number of hydrogen-bond acceptors (Lipinski definition) is 2. The van der Waals surface area contributed by atoms with Crippen molar-refractivity contribution >= 4 is 22.6 Å². The van der Waals surface area contributed by atoms with E-state index in [0.717, 1.165) is 28.1 Å². The van der Waals surface area contributed by atoms with Gasteiger partial charge in [0.25, 0.3) is 0 Å². The molecule has 4 heteroatoms. The first-order valence-electron chi connectivity index (χ1n) is 7.92. The Labute approximate surface area is 135 Å². The van der Waals surface area contributed by atoms with E-state index in [2.05, 4.69) is 10.6 Å². The lowest BCUT2D eigenvalue weighted by Gasteiger charge is -2.19. The molecule has 23 heavy (non-hydrogen) atoms. The average molecular weight is 305 g/mol. The summed E-state index contributed by atoms with van der Waals surface area (Å²) < 4.78 is 2.12. The van der Waals surface area contributed by atoms with Gasteiger partial charge in [0, 0.05) is 31.6 Å². The normalized spacial score (nSPS) is 18.1. The maximum atomic E-state index is 12.5. The van der Waals surface area contributed by atoms with Crippen LogP contribution in [-0.2, 0) is 11.8 Å². The number of aryl methyl sites for hydroxylation is 2. The van der Waals surface area contributed by atoms with E-state index in [0.29, 0.717) is 13.0 Å². The van der Waals surface area contributed by atoms with Crippen molar-refractivity contribution in [3.63, 3.8) is 0 Å². The molecule has 0 saturated carbocycles. The zero-order chi connectivity index (χ0) is 16.0. The minimum absolute atomic E-state index is 0.138. The van der Waals surface area contributed by atoms with E-state index in [1.807, 2.05) is 61.3 Å². The Morgan fingerprint density at radius 3 is 2.61 bits per heavy atom. The number of benzene rings is 2. The summed E-state index contributed by atoms with van der Waals surface area (Å²) in [6.45, 7) is 2.74. The van der Waals surface area contributed by atoms with E-state index < -0.39 is 0 Å². The van der Waals surface area contributed by atoms with E-state index >= 15 is 0 Å². The van der Waals surface area contributed by atoms with Gasteiger partial charge in [0.05, 0.1) is 11.0 Å². The molecular weight excluding hydrogens is 286 g/mol. The van der Waals surface area contributed by atoms with Gasteiger partial charge in [-0.2, -0.15) is 0 Å². The third-order valence-electron chi connectivity index (χ3n) is 4.72. The second kappa shape index (κ2) is 5.23. The molecule has 2 aromatic carbocycles. The van der Waals surface area contributed by atoms with E-state index in [-0.39, 0.29) is 11.8 Å². The van der Waals surface area contributed by atoms with E-state index in [4.69, 9.17) is 4.98 Å². The number of fused-ring (bicyclic) bond motifs is 1. The first-order valence-corrected chi connectivity index (χ1v) is 7.92. The van der Waals surface area contributed by atoms with Crippen LogP contribution >= 0.6 is 0 Å². The number of carbonyl (C=O) groups is 1. The van der Waals surface area contributed by atoms with Gasteiger partial charge >= 0.3 is 0 Å². The Morgan fingerprint density at radius 2 is 1.83 bits per heavy atom. The summed E-state index contributed by atoms with van der Waals surface area (Å²) in [5.41, 5.74) is 4.25. The maximum absolute atomic E-state index is 12.5. The van der Waals surface area contributed by atoms with Gasteiger partial charge in [-0.1, -0.05) is 30.3 Å². The Hall–Kier alpha value is -2.62. The largest absolute Gasteiger partial charge is 0.331 e. The van der Waals surface area contributed by atoms with Crippen molar-refractivity contribution in [2.45, 2.75) is 19.3 Å². The first-order chi connectivity index (χ1) is 11.1. The topological polar surface area (TPSA) is 38.1 Å². The number of hydrogen-bond donors (Lipinski definition) is 0. The monoisotopic (exact) mass is 305 g/mol. The zero-order valence-corrected chi connectivity index (χ0v) is 13.4. The zero-order valence-electron chi connectivity index (χ0n) is 13.4. The molecule has 4 nitrogen and oxygen atoms in total. The maximum Gasteiger partial charge on any atom is 0.227 e. The standard InChI is InChI=1S/C19H19N3O/c1-13-7-3-5-9-16(13)22-12-14(11-18(22)23)19-20-15-8-4-6-10-17(15)21(19)2/h3-10,14H,11-12H2,1-2H3/t14-/m1/s1. The van der Waals surface area contributed by atoms with Gasteiger partial charge in [-0.3, -0.25) is 4.79 Å². The summed E-state index contributed by atoms with van der Waals surface area (Å²) in [7, 11) is 2.03. The predicted molar refractivity (Wildman–Crippen MR) is 91.6 cm³/mol. The van der Waals surface area contributed by atoms with Crippen molar-refractivity contribution in [1.82, 2.24) is 9.55 Å². The minimum atomic E-state index is 0.138. The van der Waals surface area contributed by atoms with E-state index in [9.17, 15) is 4.79 Å². The molecule has 1 aliphatic rings. The van der Waals surface area contributed by atoms with Gasteiger partial charge in [0.15, 0.2) is 0 Å². The van der Waals surface area contributed by atoms with Crippen LogP contribution < -0.4 is 4.90 Å². The molecule has 3 aromatic rings. The summed E-state index contributed by atoms with van der Waals surface area (Å²) in [6.07, 6.45) is 0.519. The number of nitrogens with zero attached hydrogens (tertiary/aromatic N) is 3. The lowest BCUT2D eigenvalue weighted by atomic mass is 10.1. The van der Waals surface area contributed by atoms with Crippen molar-refractivity contribution in [3.05, 3.63) is 59.9 Å². The van der Waals surface area contributed by atoms with Gasteiger partial charge in [-0.15, -0.1) is 0 Å². The minimum Gasteiger partial charge on any atom is -0.331 e. The van der Waals surface area contributed by atoms with E-state index in [1.54, 1.807) is 0 Å². The van der Waals surface area contributed by atoms with Crippen LogP contribution in [0, 0.1) is 6.92 Å². The molecule has 1 fully saturated rings. The van der Waals surface area contributed by atoms with Crippen LogP contribution in [0.25, 0.3) is 11.0 Å². The molecular formula is C19H19N3O. The SMILES string of the molecule is Cc1ccccc1N1C[C@H](c2nc3ccccc3n2C)CC1=O. The first kappa shape index (κ1) is 14.0. The van der Waals surface area contributed by atoms with Gasteiger partial charge in [0.2, 0.25) is 5.91 Å². The number of para-hydroxylation sites is 3. The summed E-state index contributed by atoms with van der Waals surface area (Å²) in [4.78, 5) is 19.2. The van der Waals surface area contributed by atoms with Crippen LogP contribution in [0.2, 0.25) is 0 Å². The molecule has 0 radical (unpaired) electrons. The van der Waals surface area contributed by atoms with Gasteiger partial charge in [-0.25, -0.2) is 4.98 Å². The predicted octanol–water partition coefficient (Wildman–Crippen LogP) is 3.40. The number of anilines is 1. The summed E-state index contributed by atoms with van der Waals surface area (Å²) in [6, 6.07) is 16.2. The second-order valence-corrected chi connectivity index (χ2v) is 6.21.